The van der Waals surface area contributed by atoms with Gasteiger partial charge in [0.2, 0.25) is 0 Å². The van der Waals surface area contributed by atoms with Crippen LogP contribution in [0.2, 0.25) is 5.02 Å². The number of pyridine rings is 1. The summed E-state index contributed by atoms with van der Waals surface area (Å²) in [5.41, 5.74) is 4.15. The second-order valence-corrected chi connectivity index (χ2v) is 14.0. The summed E-state index contributed by atoms with van der Waals surface area (Å²) in [7, 11) is 0. The fourth-order valence-electron chi connectivity index (χ4n) is 7.78. The standard InChI is InChI=1S/C35H41ClN2O3/c1-23(22-41-31-11-16-37-21-28(31)30-20-33(30,2)3)17-25-18-24-7-4-5-10-29(24)34(25)12-14-35(15-13-34,32(39)40)38-27-9-6-8-26(36)19-27/h4-11,16,19,21,23,25,30,38H,12-15,17-18,20,22H2,1-3H3,(H,39,40)/t23-,25+,30+,34?,35?/m1/s1. The predicted octanol–water partition coefficient (Wildman–Crippen LogP) is 8.27. The van der Waals surface area contributed by atoms with Crippen LogP contribution in [0.3, 0.4) is 0 Å². The largest absolute Gasteiger partial charge is 0.493 e. The molecule has 3 aliphatic carbocycles. The lowest BCUT2D eigenvalue weighted by atomic mass is 9.59. The maximum atomic E-state index is 12.7. The summed E-state index contributed by atoms with van der Waals surface area (Å²) in [6.07, 6.45) is 9.90. The van der Waals surface area contributed by atoms with Gasteiger partial charge in [0.1, 0.15) is 11.3 Å². The van der Waals surface area contributed by atoms with E-state index in [1.165, 1.54) is 23.1 Å². The molecular weight excluding hydrogens is 532 g/mol. The number of carboxylic acids is 1. The summed E-state index contributed by atoms with van der Waals surface area (Å²) in [6, 6.07) is 18.2. The molecule has 3 atom stereocenters. The van der Waals surface area contributed by atoms with Gasteiger partial charge in [0, 0.05) is 28.7 Å². The lowest BCUT2D eigenvalue weighted by molar-refractivity contribution is -0.144. The highest BCUT2D eigenvalue weighted by Crippen LogP contribution is 2.60. The summed E-state index contributed by atoms with van der Waals surface area (Å²) >= 11 is 6.21. The van der Waals surface area contributed by atoms with Crippen molar-refractivity contribution in [3.63, 3.8) is 0 Å². The Labute approximate surface area is 248 Å². The van der Waals surface area contributed by atoms with Gasteiger partial charge in [-0.15, -0.1) is 0 Å². The highest BCUT2D eigenvalue weighted by Gasteiger charge is 2.54. The number of hydrogen-bond acceptors (Lipinski definition) is 4. The number of carbonyl (C=O) groups is 1. The fourth-order valence-corrected chi connectivity index (χ4v) is 7.97. The number of halogens is 1. The van der Waals surface area contributed by atoms with E-state index in [1.54, 1.807) is 0 Å². The summed E-state index contributed by atoms with van der Waals surface area (Å²) in [5, 5.41) is 14.4. The maximum absolute atomic E-state index is 12.7. The molecule has 2 aromatic carbocycles. The highest BCUT2D eigenvalue weighted by atomic mass is 35.5. The molecule has 1 aromatic heterocycles. The lowest BCUT2D eigenvalue weighted by Crippen LogP contribution is -2.53. The van der Waals surface area contributed by atoms with Crippen molar-refractivity contribution < 1.29 is 14.6 Å². The molecule has 0 aliphatic heterocycles. The number of aliphatic carboxylic acids is 1. The van der Waals surface area contributed by atoms with Crippen molar-refractivity contribution in [1.29, 1.82) is 0 Å². The molecule has 0 unspecified atom stereocenters. The molecule has 2 saturated carbocycles. The molecule has 3 aliphatic rings. The summed E-state index contributed by atoms with van der Waals surface area (Å²) in [5.74, 6) is 1.53. The van der Waals surface area contributed by atoms with Crippen LogP contribution in [-0.4, -0.2) is 28.2 Å². The van der Waals surface area contributed by atoms with Crippen molar-refractivity contribution in [2.24, 2.45) is 17.3 Å². The quantitative estimate of drug-likeness (QED) is 0.270. The fraction of sp³-hybridized carbons (Fsp3) is 0.486. The minimum absolute atomic E-state index is 0.0142. The van der Waals surface area contributed by atoms with E-state index in [1.807, 2.05) is 42.7 Å². The number of ether oxygens (including phenoxy) is 1. The third kappa shape index (κ3) is 5.34. The number of anilines is 1. The number of nitrogens with zero attached hydrogens (tertiary/aromatic N) is 1. The zero-order chi connectivity index (χ0) is 28.8. The van der Waals surface area contributed by atoms with Gasteiger partial charge in [0.05, 0.1) is 6.61 Å². The van der Waals surface area contributed by atoms with Gasteiger partial charge in [-0.3, -0.25) is 4.98 Å². The van der Waals surface area contributed by atoms with E-state index in [4.69, 9.17) is 16.3 Å². The Balaban J connectivity index is 1.18. The molecule has 41 heavy (non-hydrogen) atoms. The molecule has 2 fully saturated rings. The van der Waals surface area contributed by atoms with Gasteiger partial charge >= 0.3 is 5.97 Å². The molecule has 6 heteroatoms. The van der Waals surface area contributed by atoms with E-state index in [-0.39, 0.29) is 5.41 Å². The smallest absolute Gasteiger partial charge is 0.329 e. The second kappa shape index (κ2) is 10.7. The van der Waals surface area contributed by atoms with Gasteiger partial charge in [-0.25, -0.2) is 4.79 Å². The maximum Gasteiger partial charge on any atom is 0.329 e. The minimum atomic E-state index is -0.999. The molecule has 5 nitrogen and oxygen atoms in total. The minimum Gasteiger partial charge on any atom is -0.493 e. The van der Waals surface area contributed by atoms with Crippen molar-refractivity contribution in [2.45, 2.75) is 82.6 Å². The number of hydrogen-bond donors (Lipinski definition) is 2. The van der Waals surface area contributed by atoms with Crippen LogP contribution in [-0.2, 0) is 16.6 Å². The first-order valence-corrected chi connectivity index (χ1v) is 15.4. The number of nitrogens with one attached hydrogen (secondary N) is 1. The van der Waals surface area contributed by atoms with Crippen molar-refractivity contribution in [2.75, 3.05) is 11.9 Å². The number of fused-ring (bicyclic) bond motifs is 2. The van der Waals surface area contributed by atoms with E-state index in [9.17, 15) is 9.90 Å². The molecule has 3 aromatic rings. The molecular formula is C35H41ClN2O3. The van der Waals surface area contributed by atoms with Crippen molar-refractivity contribution in [1.82, 2.24) is 4.98 Å². The monoisotopic (exact) mass is 572 g/mol. The number of rotatable bonds is 9. The topological polar surface area (TPSA) is 71.5 Å². The highest BCUT2D eigenvalue weighted by molar-refractivity contribution is 6.30. The Morgan fingerprint density at radius 2 is 1.88 bits per heavy atom. The van der Waals surface area contributed by atoms with Gasteiger partial charge < -0.3 is 15.2 Å². The van der Waals surface area contributed by atoms with Crippen LogP contribution in [0.4, 0.5) is 5.69 Å². The Morgan fingerprint density at radius 1 is 1.12 bits per heavy atom. The molecule has 2 N–H and O–H groups in total. The Kier molecular flexibility index (Phi) is 7.30. The summed E-state index contributed by atoms with van der Waals surface area (Å²) < 4.78 is 6.46. The van der Waals surface area contributed by atoms with Crippen molar-refractivity contribution in [3.8, 4) is 5.75 Å². The zero-order valence-electron chi connectivity index (χ0n) is 24.3. The summed E-state index contributed by atoms with van der Waals surface area (Å²) in [6.45, 7) is 7.58. The summed E-state index contributed by atoms with van der Waals surface area (Å²) in [4.78, 5) is 17.1. The number of aromatic nitrogens is 1. The zero-order valence-corrected chi connectivity index (χ0v) is 25.1. The average Bonchev–Trinajstić information content (AvgIpc) is 3.49. The van der Waals surface area contributed by atoms with Crippen LogP contribution in [0.15, 0.2) is 67.0 Å². The third-order valence-corrected chi connectivity index (χ3v) is 10.6. The Bertz CT molecular complexity index is 1430. The molecule has 1 heterocycles. The normalized spacial score (nSPS) is 28.6. The molecule has 6 rings (SSSR count). The van der Waals surface area contributed by atoms with Crippen LogP contribution >= 0.6 is 11.6 Å². The molecule has 216 valence electrons. The van der Waals surface area contributed by atoms with Gasteiger partial charge in [-0.1, -0.05) is 62.7 Å². The Morgan fingerprint density at radius 3 is 2.59 bits per heavy atom. The first-order valence-electron chi connectivity index (χ1n) is 15.0. The molecule has 0 radical (unpaired) electrons. The van der Waals surface area contributed by atoms with Gasteiger partial charge in [0.15, 0.2) is 0 Å². The molecule has 0 amide bonds. The van der Waals surface area contributed by atoms with Crippen molar-refractivity contribution >= 4 is 23.3 Å². The van der Waals surface area contributed by atoms with E-state index in [0.29, 0.717) is 47.6 Å². The number of carboxylic acid groups (broad SMARTS) is 1. The van der Waals surface area contributed by atoms with Gasteiger partial charge in [-0.05, 0) is 109 Å². The SMILES string of the molecule is C[C@@H](COc1ccncc1[C@@H]1CC1(C)C)C[C@H]1Cc2ccccc2C12CCC(Nc1cccc(Cl)c1)(C(=O)O)CC2. The molecule has 1 spiro atoms. The predicted molar refractivity (Wildman–Crippen MR) is 164 cm³/mol. The first kappa shape index (κ1) is 28.1. The first-order chi connectivity index (χ1) is 19.6. The van der Waals surface area contributed by atoms with E-state index >= 15 is 0 Å². The Hall–Kier alpha value is -3.05. The van der Waals surface area contributed by atoms with Crippen molar-refractivity contribution in [3.05, 3.63) is 88.7 Å². The van der Waals surface area contributed by atoms with Crippen LogP contribution < -0.4 is 10.1 Å². The van der Waals surface area contributed by atoms with Crippen LogP contribution in [0.25, 0.3) is 0 Å². The van der Waals surface area contributed by atoms with E-state index in [0.717, 1.165) is 37.1 Å². The second-order valence-electron chi connectivity index (χ2n) is 13.5. The van der Waals surface area contributed by atoms with Gasteiger partial charge in [0.25, 0.3) is 0 Å². The van der Waals surface area contributed by atoms with Crippen LogP contribution in [0.1, 0.15) is 81.9 Å². The lowest BCUT2D eigenvalue weighted by Gasteiger charge is -2.47. The third-order valence-electron chi connectivity index (χ3n) is 10.3. The van der Waals surface area contributed by atoms with Crippen LogP contribution in [0, 0.1) is 17.3 Å². The van der Waals surface area contributed by atoms with Crippen LogP contribution in [0.5, 0.6) is 5.75 Å². The molecule has 0 bridgehead atoms. The number of benzene rings is 2. The average molecular weight is 573 g/mol. The van der Waals surface area contributed by atoms with Gasteiger partial charge in [-0.2, -0.15) is 0 Å². The molecule has 0 saturated heterocycles. The van der Waals surface area contributed by atoms with E-state index < -0.39 is 11.5 Å². The van der Waals surface area contributed by atoms with E-state index in [2.05, 4.69) is 55.3 Å².